The summed E-state index contributed by atoms with van der Waals surface area (Å²) in [5.74, 6) is 5.77. The van der Waals surface area contributed by atoms with E-state index in [1.807, 2.05) is 32.8 Å². The van der Waals surface area contributed by atoms with Crippen LogP contribution in [0, 0.1) is 11.8 Å². The number of hydrogen-bond donors (Lipinski definition) is 0. The number of allylic oxidation sites excluding steroid dienone is 4. The number of hydrogen-bond acceptors (Lipinski definition) is 4. The summed E-state index contributed by atoms with van der Waals surface area (Å²) in [6.45, 7) is 30.6. The van der Waals surface area contributed by atoms with Crippen molar-refractivity contribution in [3.05, 3.63) is 23.3 Å². The van der Waals surface area contributed by atoms with Crippen LogP contribution in [0.15, 0.2) is 28.4 Å². The van der Waals surface area contributed by atoms with Crippen molar-refractivity contribution in [2.45, 2.75) is 161 Å². The van der Waals surface area contributed by atoms with Crippen molar-refractivity contribution in [3.63, 3.8) is 0 Å². The van der Waals surface area contributed by atoms with Gasteiger partial charge in [0.05, 0.1) is 0 Å². The number of hydrazone groups is 1. The number of nitrogens with zero attached hydrogens (tertiary/aromatic N) is 3. The molecule has 0 radical (unpaired) electrons. The van der Waals surface area contributed by atoms with Gasteiger partial charge >= 0.3 is 0 Å². The van der Waals surface area contributed by atoms with E-state index in [2.05, 4.69) is 117 Å². The molecule has 0 N–H and O–H groups in total. The zero-order valence-corrected chi connectivity index (χ0v) is 32.3. The van der Waals surface area contributed by atoms with Gasteiger partial charge in [-0.05, 0) is 80.4 Å². The summed E-state index contributed by atoms with van der Waals surface area (Å²) in [5.41, 5.74) is 4.27. The molecule has 0 aromatic heterocycles. The highest BCUT2D eigenvalue weighted by atomic mass is 16.5. The van der Waals surface area contributed by atoms with Crippen molar-refractivity contribution in [3.8, 4) is 11.8 Å². The SMILES string of the molecule is CC.CC#CCCC.CC1=CC=C(C)CC1.CC1=NN(C)CC1.CCCC.CCCC.CCCN(C)C.CCCOC. The molecule has 254 valence electrons. The third-order valence-corrected chi connectivity index (χ3v) is 5.34. The van der Waals surface area contributed by atoms with Crippen LogP contribution in [0.1, 0.15) is 161 Å². The summed E-state index contributed by atoms with van der Waals surface area (Å²) in [7, 11) is 7.88. The molecule has 0 spiro atoms. The van der Waals surface area contributed by atoms with Crippen LogP contribution in [0.4, 0.5) is 0 Å². The molecule has 1 aliphatic carbocycles. The maximum Gasteiger partial charge on any atom is 0.0459 e. The molecule has 0 saturated carbocycles. The Kier molecular flexibility index (Phi) is 65.8. The standard InChI is InChI=1S/C8H12.C6H10.C5H10N2.C5H13N.C4H10O.2C4H10.C2H6/c1-7-3-5-8(2)6-4-7;1-3-5-6-4-2;1-5-3-4-7(2)6-5;1-4-5-6(2)3;1-3-4-5-2;2*1-3-4-2;1-2/h3,5H,4,6H2,1-2H3;3,5H2,1-2H3;3-4H2,1-2H3;4-5H2,1-3H3;3-4H2,1-2H3;2*3-4H2,1-2H3;1-2H3. The molecule has 0 saturated heterocycles. The zero-order chi connectivity index (χ0) is 34.0. The van der Waals surface area contributed by atoms with Crippen molar-refractivity contribution in [1.29, 1.82) is 0 Å². The normalized spacial score (nSPS) is 12.0. The average molecular weight is 596 g/mol. The second-order valence-corrected chi connectivity index (χ2v) is 10.5. The minimum absolute atomic E-state index is 0.889. The molecule has 4 nitrogen and oxygen atoms in total. The quantitative estimate of drug-likeness (QED) is 0.274. The largest absolute Gasteiger partial charge is 0.385 e. The van der Waals surface area contributed by atoms with Crippen LogP contribution in [0.5, 0.6) is 0 Å². The van der Waals surface area contributed by atoms with E-state index >= 15 is 0 Å². The molecule has 0 unspecified atom stereocenters. The maximum absolute atomic E-state index is 4.69. The average Bonchev–Trinajstić information content (AvgIpc) is 3.38. The van der Waals surface area contributed by atoms with Gasteiger partial charge in [0.25, 0.3) is 0 Å². The van der Waals surface area contributed by atoms with Crippen molar-refractivity contribution in [1.82, 2.24) is 9.91 Å². The molecule has 42 heavy (non-hydrogen) atoms. The predicted octanol–water partition coefficient (Wildman–Crippen LogP) is 11.8. The van der Waals surface area contributed by atoms with Crippen LogP contribution in [-0.2, 0) is 4.74 Å². The van der Waals surface area contributed by atoms with Gasteiger partial charge in [-0.2, -0.15) is 5.10 Å². The lowest BCUT2D eigenvalue weighted by atomic mass is 10.0. The van der Waals surface area contributed by atoms with Crippen molar-refractivity contribution < 1.29 is 4.74 Å². The second kappa shape index (κ2) is 52.1. The van der Waals surface area contributed by atoms with Crippen LogP contribution in [0.2, 0.25) is 0 Å². The fourth-order valence-electron chi connectivity index (χ4n) is 2.46. The first-order chi connectivity index (χ1) is 20.0. The van der Waals surface area contributed by atoms with Crippen molar-refractivity contribution in [2.75, 3.05) is 47.9 Å². The van der Waals surface area contributed by atoms with E-state index in [9.17, 15) is 0 Å². The zero-order valence-electron chi connectivity index (χ0n) is 32.3. The summed E-state index contributed by atoms with van der Waals surface area (Å²) < 4.78 is 4.69. The Balaban J connectivity index is -0.0000000904. The second-order valence-electron chi connectivity index (χ2n) is 10.5. The molecule has 1 aliphatic heterocycles. The monoisotopic (exact) mass is 596 g/mol. The van der Waals surface area contributed by atoms with E-state index in [-0.39, 0.29) is 0 Å². The molecular formula is C38H81N3O. The van der Waals surface area contributed by atoms with Crippen LogP contribution >= 0.6 is 0 Å². The van der Waals surface area contributed by atoms with Gasteiger partial charge in [-0.15, -0.1) is 11.8 Å². The number of ether oxygens (including phenoxy) is 1. The highest BCUT2D eigenvalue weighted by Gasteiger charge is 2.03. The summed E-state index contributed by atoms with van der Waals surface area (Å²) in [5, 5.41) is 6.11. The summed E-state index contributed by atoms with van der Waals surface area (Å²) in [6.07, 6.45) is 18.0. The lowest BCUT2D eigenvalue weighted by molar-refractivity contribution is 0.199. The number of rotatable bonds is 7. The minimum atomic E-state index is 0.889. The Morgan fingerprint density at radius 3 is 1.31 bits per heavy atom. The van der Waals surface area contributed by atoms with Crippen molar-refractivity contribution >= 4 is 5.71 Å². The van der Waals surface area contributed by atoms with E-state index in [1.165, 1.54) is 74.8 Å². The molecule has 2 aliphatic rings. The molecule has 2 rings (SSSR count). The lowest BCUT2D eigenvalue weighted by Gasteiger charge is -2.05. The Morgan fingerprint density at radius 1 is 0.762 bits per heavy atom. The first kappa shape index (κ1) is 53.0. The van der Waals surface area contributed by atoms with Crippen molar-refractivity contribution in [2.24, 2.45) is 5.10 Å². The third-order valence-electron chi connectivity index (χ3n) is 5.34. The van der Waals surface area contributed by atoms with E-state index in [0.717, 1.165) is 32.4 Å². The van der Waals surface area contributed by atoms with Crippen LogP contribution < -0.4 is 0 Å². The molecule has 4 heteroatoms. The first-order valence-electron chi connectivity index (χ1n) is 17.1. The lowest BCUT2D eigenvalue weighted by Crippen LogP contribution is -2.11. The fraction of sp³-hybridized carbons (Fsp3) is 0.816. The van der Waals surface area contributed by atoms with Gasteiger partial charge < -0.3 is 9.64 Å². The van der Waals surface area contributed by atoms with E-state index in [0.29, 0.717) is 0 Å². The summed E-state index contributed by atoms with van der Waals surface area (Å²) >= 11 is 0. The first-order valence-corrected chi connectivity index (χ1v) is 17.1. The third kappa shape index (κ3) is 71.6. The molecular weight excluding hydrogens is 514 g/mol. The Morgan fingerprint density at radius 2 is 1.21 bits per heavy atom. The molecule has 0 fully saturated rings. The van der Waals surface area contributed by atoms with Gasteiger partial charge in [0.2, 0.25) is 0 Å². The molecule has 1 heterocycles. The summed E-state index contributed by atoms with van der Waals surface area (Å²) in [4.78, 5) is 2.18. The fourth-order valence-corrected chi connectivity index (χ4v) is 2.46. The molecule has 0 bridgehead atoms. The van der Waals surface area contributed by atoms with Gasteiger partial charge in [0.15, 0.2) is 0 Å². The topological polar surface area (TPSA) is 28.1 Å². The van der Waals surface area contributed by atoms with Crippen LogP contribution in [0.3, 0.4) is 0 Å². The number of methoxy groups -OCH3 is 1. The summed E-state index contributed by atoms with van der Waals surface area (Å²) in [6, 6.07) is 0. The minimum Gasteiger partial charge on any atom is -0.385 e. The predicted molar refractivity (Wildman–Crippen MR) is 199 cm³/mol. The maximum atomic E-state index is 4.69. The molecule has 0 aromatic rings. The smallest absolute Gasteiger partial charge is 0.0459 e. The van der Waals surface area contributed by atoms with E-state index in [1.54, 1.807) is 7.11 Å². The van der Waals surface area contributed by atoms with Gasteiger partial charge in [-0.25, -0.2) is 0 Å². The van der Waals surface area contributed by atoms with Gasteiger partial charge in [0, 0.05) is 45.9 Å². The van der Waals surface area contributed by atoms with E-state index < -0.39 is 0 Å². The molecule has 0 atom stereocenters. The Labute approximate surface area is 268 Å². The highest BCUT2D eigenvalue weighted by Crippen LogP contribution is 2.16. The van der Waals surface area contributed by atoms with Gasteiger partial charge in [-0.3, -0.25) is 5.01 Å². The Hall–Kier alpha value is -1.57. The van der Waals surface area contributed by atoms with Gasteiger partial charge in [0.1, 0.15) is 0 Å². The van der Waals surface area contributed by atoms with E-state index in [4.69, 9.17) is 4.74 Å². The van der Waals surface area contributed by atoms with Crippen LogP contribution in [0.25, 0.3) is 0 Å². The van der Waals surface area contributed by atoms with Crippen LogP contribution in [-0.4, -0.2) is 63.6 Å². The number of unbranched alkanes of at least 4 members (excludes halogenated alkanes) is 3. The molecule has 0 aromatic carbocycles. The van der Waals surface area contributed by atoms with Gasteiger partial charge in [-0.1, -0.05) is 111 Å². The highest BCUT2D eigenvalue weighted by molar-refractivity contribution is 5.82. The molecule has 0 amide bonds. The Bertz CT molecular complexity index is 582.